The lowest BCUT2D eigenvalue weighted by atomic mass is 10.2. The highest BCUT2D eigenvalue weighted by molar-refractivity contribution is 9.10. The second-order valence-electron chi connectivity index (χ2n) is 3.62. The Bertz CT molecular complexity index is 519. The molecule has 90 valence electrons. The molecule has 0 aliphatic rings. The van der Waals surface area contributed by atoms with E-state index in [0.29, 0.717) is 5.82 Å². The summed E-state index contributed by atoms with van der Waals surface area (Å²) in [6, 6.07) is 0. The van der Waals surface area contributed by atoms with Gasteiger partial charge in [-0.1, -0.05) is 5.16 Å². The standard InChI is InChI=1S/C11H13BrN4O/c1-4-13-10-8(12)5-14-11(15-10)9-6(2)16-17-7(9)3/h5H,4H2,1-3H3,(H,13,14,15). The van der Waals surface area contributed by atoms with E-state index >= 15 is 0 Å². The van der Waals surface area contributed by atoms with Crippen LogP contribution in [-0.2, 0) is 0 Å². The molecule has 0 radical (unpaired) electrons. The highest BCUT2D eigenvalue weighted by Crippen LogP contribution is 2.27. The van der Waals surface area contributed by atoms with E-state index in [4.69, 9.17) is 4.52 Å². The summed E-state index contributed by atoms with van der Waals surface area (Å²) in [6.07, 6.45) is 1.73. The van der Waals surface area contributed by atoms with Crippen molar-refractivity contribution in [2.24, 2.45) is 0 Å². The molecule has 0 bridgehead atoms. The number of hydrogen-bond donors (Lipinski definition) is 1. The fourth-order valence-corrected chi connectivity index (χ4v) is 1.91. The van der Waals surface area contributed by atoms with Gasteiger partial charge in [-0.15, -0.1) is 0 Å². The van der Waals surface area contributed by atoms with Crippen molar-refractivity contribution in [3.8, 4) is 11.4 Å². The van der Waals surface area contributed by atoms with Gasteiger partial charge in [-0.25, -0.2) is 9.97 Å². The van der Waals surface area contributed by atoms with Crippen molar-refractivity contribution in [3.63, 3.8) is 0 Å². The van der Waals surface area contributed by atoms with Crippen LogP contribution in [0.3, 0.4) is 0 Å². The topological polar surface area (TPSA) is 63.8 Å². The number of aryl methyl sites for hydroxylation is 2. The smallest absolute Gasteiger partial charge is 0.167 e. The molecule has 17 heavy (non-hydrogen) atoms. The van der Waals surface area contributed by atoms with Gasteiger partial charge in [0.15, 0.2) is 5.82 Å². The van der Waals surface area contributed by atoms with Crippen molar-refractivity contribution < 1.29 is 4.52 Å². The maximum absolute atomic E-state index is 5.12. The van der Waals surface area contributed by atoms with Crippen molar-refractivity contribution in [2.75, 3.05) is 11.9 Å². The number of halogens is 1. The van der Waals surface area contributed by atoms with Crippen LogP contribution in [-0.4, -0.2) is 21.7 Å². The maximum atomic E-state index is 5.12. The van der Waals surface area contributed by atoms with E-state index in [1.807, 2.05) is 20.8 Å². The molecule has 5 nitrogen and oxygen atoms in total. The fourth-order valence-electron chi connectivity index (χ4n) is 1.58. The van der Waals surface area contributed by atoms with Crippen molar-refractivity contribution in [1.82, 2.24) is 15.1 Å². The lowest BCUT2D eigenvalue weighted by molar-refractivity contribution is 0.393. The van der Waals surface area contributed by atoms with Gasteiger partial charge < -0.3 is 9.84 Å². The van der Waals surface area contributed by atoms with Gasteiger partial charge in [0.1, 0.15) is 11.6 Å². The molecule has 0 amide bonds. The molecule has 0 aliphatic carbocycles. The van der Waals surface area contributed by atoms with Crippen LogP contribution in [0.25, 0.3) is 11.4 Å². The van der Waals surface area contributed by atoms with Gasteiger partial charge in [-0.3, -0.25) is 0 Å². The van der Waals surface area contributed by atoms with Crippen molar-refractivity contribution in [2.45, 2.75) is 20.8 Å². The molecule has 0 unspecified atom stereocenters. The summed E-state index contributed by atoms with van der Waals surface area (Å²) in [5.41, 5.74) is 1.66. The van der Waals surface area contributed by atoms with E-state index in [1.54, 1.807) is 6.20 Å². The Morgan fingerprint density at radius 3 is 2.76 bits per heavy atom. The van der Waals surface area contributed by atoms with Gasteiger partial charge in [0.2, 0.25) is 0 Å². The molecule has 2 aromatic rings. The molecule has 1 N–H and O–H groups in total. The molecule has 0 aromatic carbocycles. The first-order valence-electron chi connectivity index (χ1n) is 5.33. The van der Waals surface area contributed by atoms with Gasteiger partial charge in [0, 0.05) is 12.7 Å². The molecule has 0 atom stereocenters. The van der Waals surface area contributed by atoms with Crippen LogP contribution < -0.4 is 5.32 Å². The van der Waals surface area contributed by atoms with Crippen LogP contribution in [0.4, 0.5) is 5.82 Å². The third-order valence-electron chi connectivity index (χ3n) is 2.35. The highest BCUT2D eigenvalue weighted by atomic mass is 79.9. The molecular weight excluding hydrogens is 284 g/mol. The van der Waals surface area contributed by atoms with Crippen LogP contribution in [0, 0.1) is 13.8 Å². The Morgan fingerprint density at radius 2 is 2.18 bits per heavy atom. The predicted molar refractivity (Wildman–Crippen MR) is 68.9 cm³/mol. The van der Waals surface area contributed by atoms with E-state index in [1.165, 1.54) is 0 Å². The summed E-state index contributed by atoms with van der Waals surface area (Å²) in [5.74, 6) is 2.13. The van der Waals surface area contributed by atoms with Gasteiger partial charge in [-0.05, 0) is 36.7 Å². The number of anilines is 1. The van der Waals surface area contributed by atoms with Gasteiger partial charge in [-0.2, -0.15) is 0 Å². The third-order valence-corrected chi connectivity index (χ3v) is 2.93. The quantitative estimate of drug-likeness (QED) is 0.943. The Labute approximate surface area is 108 Å². The molecule has 2 aromatic heterocycles. The van der Waals surface area contributed by atoms with Crippen molar-refractivity contribution in [1.29, 1.82) is 0 Å². The Kier molecular flexibility index (Phi) is 3.42. The predicted octanol–water partition coefficient (Wildman–Crippen LogP) is 2.94. The Morgan fingerprint density at radius 1 is 1.41 bits per heavy atom. The second-order valence-corrected chi connectivity index (χ2v) is 4.47. The Balaban J connectivity index is 2.50. The maximum Gasteiger partial charge on any atom is 0.167 e. The van der Waals surface area contributed by atoms with Crippen LogP contribution >= 0.6 is 15.9 Å². The summed E-state index contributed by atoms with van der Waals surface area (Å²) in [4.78, 5) is 8.74. The van der Waals surface area contributed by atoms with Crippen molar-refractivity contribution >= 4 is 21.7 Å². The van der Waals surface area contributed by atoms with Gasteiger partial charge >= 0.3 is 0 Å². The molecule has 0 aliphatic heterocycles. The molecule has 0 fully saturated rings. The SMILES string of the molecule is CCNc1nc(-c2c(C)noc2C)ncc1Br. The minimum atomic E-state index is 0.625. The first-order chi connectivity index (χ1) is 8.13. The summed E-state index contributed by atoms with van der Waals surface area (Å²) in [7, 11) is 0. The van der Waals surface area contributed by atoms with Crippen LogP contribution in [0.5, 0.6) is 0 Å². The third kappa shape index (κ3) is 2.31. The van der Waals surface area contributed by atoms with Crippen LogP contribution in [0.2, 0.25) is 0 Å². The first kappa shape index (κ1) is 12.0. The minimum Gasteiger partial charge on any atom is -0.369 e. The zero-order valence-corrected chi connectivity index (χ0v) is 11.5. The van der Waals surface area contributed by atoms with E-state index in [-0.39, 0.29) is 0 Å². The molecular formula is C11H13BrN4O. The number of nitrogens with one attached hydrogen (secondary N) is 1. The molecule has 6 heteroatoms. The average Bonchev–Trinajstić information content (AvgIpc) is 2.63. The summed E-state index contributed by atoms with van der Waals surface area (Å²) in [6.45, 7) is 6.55. The van der Waals surface area contributed by atoms with E-state index in [9.17, 15) is 0 Å². The molecule has 0 saturated carbocycles. The van der Waals surface area contributed by atoms with E-state index in [2.05, 4.69) is 36.4 Å². The van der Waals surface area contributed by atoms with Crippen LogP contribution in [0.15, 0.2) is 15.2 Å². The normalized spacial score (nSPS) is 10.6. The van der Waals surface area contributed by atoms with Crippen molar-refractivity contribution in [3.05, 3.63) is 22.1 Å². The lowest BCUT2D eigenvalue weighted by Crippen LogP contribution is -2.02. The number of rotatable bonds is 3. The highest BCUT2D eigenvalue weighted by Gasteiger charge is 2.15. The fraction of sp³-hybridized carbons (Fsp3) is 0.364. The first-order valence-corrected chi connectivity index (χ1v) is 6.12. The van der Waals surface area contributed by atoms with E-state index in [0.717, 1.165) is 33.9 Å². The summed E-state index contributed by atoms with van der Waals surface area (Å²) < 4.78 is 5.96. The monoisotopic (exact) mass is 296 g/mol. The molecule has 2 heterocycles. The molecule has 2 rings (SSSR count). The number of aromatic nitrogens is 3. The average molecular weight is 297 g/mol. The van der Waals surface area contributed by atoms with Gasteiger partial charge in [0.05, 0.1) is 15.7 Å². The summed E-state index contributed by atoms with van der Waals surface area (Å²) in [5, 5.41) is 7.07. The lowest BCUT2D eigenvalue weighted by Gasteiger charge is -2.06. The molecule has 0 spiro atoms. The Hall–Kier alpha value is -1.43. The van der Waals surface area contributed by atoms with E-state index < -0.39 is 0 Å². The zero-order chi connectivity index (χ0) is 12.4. The largest absolute Gasteiger partial charge is 0.369 e. The van der Waals surface area contributed by atoms with Crippen LogP contribution in [0.1, 0.15) is 18.4 Å². The van der Waals surface area contributed by atoms with Gasteiger partial charge in [0.25, 0.3) is 0 Å². The number of hydrogen-bond acceptors (Lipinski definition) is 5. The zero-order valence-electron chi connectivity index (χ0n) is 9.91. The number of nitrogens with zero attached hydrogens (tertiary/aromatic N) is 3. The summed E-state index contributed by atoms with van der Waals surface area (Å²) >= 11 is 3.41. The minimum absolute atomic E-state index is 0.625. The second kappa shape index (κ2) is 4.83. The molecule has 0 saturated heterocycles.